The lowest BCUT2D eigenvalue weighted by Crippen LogP contribution is -2.37. The van der Waals surface area contributed by atoms with Crippen molar-refractivity contribution >= 4 is 11.8 Å². The first kappa shape index (κ1) is 22.1. The van der Waals surface area contributed by atoms with E-state index in [9.17, 15) is 9.59 Å². The first-order valence-corrected chi connectivity index (χ1v) is 10.3. The Hall–Kier alpha value is -2.24. The van der Waals surface area contributed by atoms with Gasteiger partial charge in [0.25, 0.3) is 0 Å². The van der Waals surface area contributed by atoms with Crippen LogP contribution in [0.4, 0.5) is 0 Å². The standard InChI is InChI=1S/C22H34N2O4/c1-5-12-24(13-6-2)21(26)9-7-8-20(25)23-15-22(3,4)17-10-11-18-19(14-17)28-16-27-18/h10-11,14H,5-9,12-13,15-16H2,1-4H3,(H,23,25). The van der Waals surface area contributed by atoms with E-state index in [0.29, 0.717) is 25.8 Å². The molecular weight excluding hydrogens is 356 g/mol. The Morgan fingerprint density at radius 1 is 1.07 bits per heavy atom. The van der Waals surface area contributed by atoms with E-state index in [1.54, 1.807) is 0 Å². The van der Waals surface area contributed by atoms with E-state index in [-0.39, 0.29) is 24.0 Å². The zero-order chi connectivity index (χ0) is 20.6. The Labute approximate surface area is 168 Å². The van der Waals surface area contributed by atoms with Gasteiger partial charge in [0.15, 0.2) is 11.5 Å². The summed E-state index contributed by atoms with van der Waals surface area (Å²) < 4.78 is 10.8. The number of ether oxygens (including phenoxy) is 2. The van der Waals surface area contributed by atoms with E-state index in [1.807, 2.05) is 23.1 Å². The van der Waals surface area contributed by atoms with Crippen LogP contribution >= 0.6 is 0 Å². The Morgan fingerprint density at radius 3 is 2.43 bits per heavy atom. The summed E-state index contributed by atoms with van der Waals surface area (Å²) in [4.78, 5) is 26.4. The van der Waals surface area contributed by atoms with Crippen LogP contribution in [-0.4, -0.2) is 43.1 Å². The summed E-state index contributed by atoms with van der Waals surface area (Å²) >= 11 is 0. The number of benzene rings is 1. The minimum Gasteiger partial charge on any atom is -0.454 e. The van der Waals surface area contributed by atoms with Crippen LogP contribution in [0.2, 0.25) is 0 Å². The summed E-state index contributed by atoms with van der Waals surface area (Å²) in [5.74, 6) is 1.64. The van der Waals surface area contributed by atoms with Gasteiger partial charge in [0.1, 0.15) is 0 Å². The molecule has 0 saturated heterocycles. The highest BCUT2D eigenvalue weighted by atomic mass is 16.7. The number of nitrogens with zero attached hydrogens (tertiary/aromatic N) is 1. The molecule has 0 aliphatic carbocycles. The van der Waals surface area contributed by atoms with E-state index >= 15 is 0 Å². The van der Waals surface area contributed by atoms with Gasteiger partial charge >= 0.3 is 0 Å². The second-order valence-corrected chi connectivity index (χ2v) is 7.96. The predicted octanol–water partition coefficient (Wildman–Crippen LogP) is 3.63. The summed E-state index contributed by atoms with van der Waals surface area (Å²) in [6.45, 7) is 10.7. The van der Waals surface area contributed by atoms with Crippen LogP contribution in [0, 0.1) is 0 Å². The van der Waals surface area contributed by atoms with Gasteiger partial charge in [-0.2, -0.15) is 0 Å². The summed E-state index contributed by atoms with van der Waals surface area (Å²) in [5.41, 5.74) is 0.855. The van der Waals surface area contributed by atoms with Crippen LogP contribution in [-0.2, 0) is 15.0 Å². The number of carbonyl (C=O) groups excluding carboxylic acids is 2. The van der Waals surface area contributed by atoms with E-state index in [1.165, 1.54) is 0 Å². The van der Waals surface area contributed by atoms with Gasteiger partial charge in [0.2, 0.25) is 18.6 Å². The lowest BCUT2D eigenvalue weighted by atomic mass is 9.84. The molecule has 0 unspecified atom stereocenters. The molecule has 1 aliphatic heterocycles. The second-order valence-electron chi connectivity index (χ2n) is 7.96. The third-order valence-electron chi connectivity index (χ3n) is 5.02. The number of hydrogen-bond donors (Lipinski definition) is 1. The highest BCUT2D eigenvalue weighted by Gasteiger charge is 2.24. The third-order valence-corrected chi connectivity index (χ3v) is 5.02. The molecular formula is C22H34N2O4. The maximum absolute atomic E-state index is 12.3. The SMILES string of the molecule is CCCN(CCC)C(=O)CCCC(=O)NCC(C)(C)c1ccc2c(c1)OCO2. The molecule has 0 bridgehead atoms. The molecule has 0 saturated carbocycles. The number of carbonyl (C=O) groups is 2. The lowest BCUT2D eigenvalue weighted by molar-refractivity contribution is -0.131. The molecule has 2 rings (SSSR count). The fourth-order valence-corrected chi connectivity index (χ4v) is 3.29. The lowest BCUT2D eigenvalue weighted by Gasteiger charge is -2.26. The van der Waals surface area contributed by atoms with Gasteiger partial charge in [-0.25, -0.2) is 0 Å². The average Bonchev–Trinajstić information content (AvgIpc) is 3.14. The largest absolute Gasteiger partial charge is 0.454 e. The van der Waals surface area contributed by atoms with E-state index in [4.69, 9.17) is 9.47 Å². The summed E-state index contributed by atoms with van der Waals surface area (Å²) in [7, 11) is 0. The van der Waals surface area contributed by atoms with Crippen LogP contribution in [0.25, 0.3) is 0 Å². The van der Waals surface area contributed by atoms with Crippen LogP contribution in [0.15, 0.2) is 18.2 Å². The van der Waals surface area contributed by atoms with Gasteiger partial charge < -0.3 is 19.7 Å². The molecule has 0 fully saturated rings. The number of nitrogens with one attached hydrogen (secondary N) is 1. The first-order valence-electron chi connectivity index (χ1n) is 10.3. The van der Waals surface area contributed by atoms with Crippen molar-refractivity contribution in [3.05, 3.63) is 23.8 Å². The van der Waals surface area contributed by atoms with Crippen molar-refractivity contribution in [3.63, 3.8) is 0 Å². The molecule has 2 amide bonds. The Bertz CT molecular complexity index is 667. The minimum atomic E-state index is -0.231. The average molecular weight is 391 g/mol. The first-order chi connectivity index (χ1) is 13.4. The van der Waals surface area contributed by atoms with Crippen molar-refractivity contribution in [2.45, 2.75) is 65.2 Å². The van der Waals surface area contributed by atoms with Crippen LogP contribution < -0.4 is 14.8 Å². The molecule has 0 spiro atoms. The number of amides is 2. The molecule has 1 N–H and O–H groups in total. The second kappa shape index (κ2) is 10.3. The number of hydrogen-bond acceptors (Lipinski definition) is 4. The Kier molecular flexibility index (Phi) is 8.15. The summed E-state index contributed by atoms with van der Waals surface area (Å²) in [6, 6.07) is 5.89. The Morgan fingerprint density at radius 2 is 1.75 bits per heavy atom. The van der Waals surface area contributed by atoms with Gasteiger partial charge in [-0.1, -0.05) is 33.8 Å². The van der Waals surface area contributed by atoms with Gasteiger partial charge in [-0.15, -0.1) is 0 Å². The molecule has 6 heteroatoms. The minimum absolute atomic E-state index is 0.0147. The molecule has 1 aromatic rings. The molecule has 0 atom stereocenters. The molecule has 6 nitrogen and oxygen atoms in total. The van der Waals surface area contributed by atoms with E-state index < -0.39 is 0 Å². The quantitative estimate of drug-likeness (QED) is 0.626. The monoisotopic (exact) mass is 390 g/mol. The predicted molar refractivity (Wildman–Crippen MR) is 110 cm³/mol. The van der Waals surface area contributed by atoms with Crippen LogP contribution in [0.5, 0.6) is 11.5 Å². The third kappa shape index (κ3) is 6.14. The topological polar surface area (TPSA) is 67.9 Å². The van der Waals surface area contributed by atoms with Crippen LogP contribution in [0.3, 0.4) is 0 Å². The molecule has 1 heterocycles. The van der Waals surface area contributed by atoms with Crippen LogP contribution in [0.1, 0.15) is 65.4 Å². The maximum atomic E-state index is 12.3. The number of rotatable bonds is 11. The maximum Gasteiger partial charge on any atom is 0.231 e. The Balaban J connectivity index is 1.76. The molecule has 1 aromatic carbocycles. The van der Waals surface area contributed by atoms with Crippen molar-refractivity contribution in [1.29, 1.82) is 0 Å². The normalized spacial score (nSPS) is 12.7. The smallest absolute Gasteiger partial charge is 0.231 e. The molecule has 0 radical (unpaired) electrons. The fourth-order valence-electron chi connectivity index (χ4n) is 3.29. The van der Waals surface area contributed by atoms with Gasteiger partial charge in [0, 0.05) is 37.9 Å². The number of fused-ring (bicyclic) bond motifs is 1. The van der Waals surface area contributed by atoms with Gasteiger partial charge in [0.05, 0.1) is 0 Å². The van der Waals surface area contributed by atoms with E-state index in [0.717, 1.165) is 43.0 Å². The van der Waals surface area contributed by atoms with Crippen molar-refractivity contribution in [2.75, 3.05) is 26.4 Å². The fraction of sp³-hybridized carbons (Fsp3) is 0.636. The zero-order valence-electron chi connectivity index (χ0n) is 17.7. The summed E-state index contributed by atoms with van der Waals surface area (Å²) in [5, 5.41) is 3.01. The molecule has 1 aliphatic rings. The summed E-state index contributed by atoms with van der Waals surface area (Å²) in [6.07, 6.45) is 3.30. The van der Waals surface area contributed by atoms with Gasteiger partial charge in [-0.05, 0) is 37.0 Å². The molecule has 0 aromatic heterocycles. The highest BCUT2D eigenvalue weighted by Crippen LogP contribution is 2.36. The molecule has 156 valence electrons. The zero-order valence-corrected chi connectivity index (χ0v) is 17.7. The van der Waals surface area contributed by atoms with Gasteiger partial charge in [-0.3, -0.25) is 9.59 Å². The van der Waals surface area contributed by atoms with Crippen molar-refractivity contribution in [2.24, 2.45) is 0 Å². The highest BCUT2D eigenvalue weighted by molar-refractivity contribution is 5.79. The van der Waals surface area contributed by atoms with Crippen molar-refractivity contribution < 1.29 is 19.1 Å². The van der Waals surface area contributed by atoms with E-state index in [2.05, 4.69) is 33.0 Å². The van der Waals surface area contributed by atoms with Crippen molar-refractivity contribution in [3.8, 4) is 11.5 Å². The molecule has 28 heavy (non-hydrogen) atoms. The van der Waals surface area contributed by atoms with Crippen molar-refractivity contribution in [1.82, 2.24) is 10.2 Å².